The van der Waals surface area contributed by atoms with E-state index in [1.54, 1.807) is 0 Å². The molecule has 0 saturated carbocycles. The Hall–Kier alpha value is -1.05. The van der Waals surface area contributed by atoms with Gasteiger partial charge in [-0.05, 0) is 44.7 Å². The van der Waals surface area contributed by atoms with E-state index in [0.717, 1.165) is 38.7 Å². The van der Waals surface area contributed by atoms with Crippen LogP contribution in [0.3, 0.4) is 0 Å². The molecule has 1 aromatic rings. The van der Waals surface area contributed by atoms with E-state index in [-0.39, 0.29) is 24.0 Å². The zero-order valence-corrected chi connectivity index (χ0v) is 15.9. The van der Waals surface area contributed by atoms with Gasteiger partial charge in [0.05, 0.1) is 0 Å². The fraction of sp³-hybridized carbons (Fsp3) is 0.625. The summed E-state index contributed by atoms with van der Waals surface area (Å²) in [6.45, 7) is 9.15. The van der Waals surface area contributed by atoms with Crippen LogP contribution in [0.15, 0.2) is 29.5 Å². The van der Waals surface area contributed by atoms with E-state index in [9.17, 15) is 0 Å². The highest BCUT2D eigenvalue weighted by atomic mass is 127. The van der Waals surface area contributed by atoms with Crippen molar-refractivity contribution in [3.05, 3.63) is 24.5 Å². The molecule has 1 aromatic heterocycles. The number of aliphatic imine (C=N–C) groups is 1. The Bertz CT molecular complexity index is 421. The van der Waals surface area contributed by atoms with Gasteiger partial charge >= 0.3 is 0 Å². The minimum atomic E-state index is 0. The van der Waals surface area contributed by atoms with Gasteiger partial charge < -0.3 is 15.5 Å². The minimum Gasteiger partial charge on any atom is -0.371 e. The summed E-state index contributed by atoms with van der Waals surface area (Å²) in [5.41, 5.74) is 1.29. The largest absolute Gasteiger partial charge is 0.371 e. The lowest BCUT2D eigenvalue weighted by atomic mass is 9.97. The monoisotopic (exact) mass is 417 g/mol. The van der Waals surface area contributed by atoms with Crippen molar-refractivity contribution in [2.24, 2.45) is 10.9 Å². The molecule has 0 amide bonds. The zero-order valence-electron chi connectivity index (χ0n) is 13.6. The van der Waals surface area contributed by atoms with E-state index in [1.807, 2.05) is 12.4 Å². The summed E-state index contributed by atoms with van der Waals surface area (Å²) in [6, 6.07) is 4.18. The fourth-order valence-electron chi connectivity index (χ4n) is 2.66. The molecule has 1 fully saturated rings. The minimum absolute atomic E-state index is 0. The molecule has 0 unspecified atom stereocenters. The Kier molecular flexibility index (Phi) is 9.19. The molecule has 0 spiro atoms. The number of piperidine rings is 1. The molecule has 2 N–H and O–H groups in total. The van der Waals surface area contributed by atoms with Crippen LogP contribution in [-0.4, -0.2) is 43.7 Å². The van der Waals surface area contributed by atoms with Crippen LogP contribution in [-0.2, 0) is 0 Å². The average molecular weight is 417 g/mol. The number of hydrogen-bond donors (Lipinski definition) is 2. The van der Waals surface area contributed by atoms with Crippen molar-refractivity contribution in [1.82, 2.24) is 15.6 Å². The molecule has 0 atom stereocenters. The topological polar surface area (TPSA) is 52.6 Å². The molecular weight excluding hydrogens is 389 g/mol. The molecule has 0 bridgehead atoms. The van der Waals surface area contributed by atoms with Crippen LogP contribution < -0.4 is 15.5 Å². The van der Waals surface area contributed by atoms with Crippen LogP contribution in [0.5, 0.6) is 0 Å². The number of halogens is 1. The number of anilines is 1. The molecule has 22 heavy (non-hydrogen) atoms. The number of rotatable bonds is 5. The summed E-state index contributed by atoms with van der Waals surface area (Å²) in [4.78, 5) is 11.2. The molecule has 5 nitrogen and oxygen atoms in total. The van der Waals surface area contributed by atoms with Crippen LogP contribution >= 0.6 is 24.0 Å². The summed E-state index contributed by atoms with van der Waals surface area (Å²) in [7, 11) is 0. The van der Waals surface area contributed by atoms with Crippen molar-refractivity contribution < 1.29 is 0 Å². The second-order valence-corrected chi connectivity index (χ2v) is 5.39. The molecule has 2 rings (SSSR count). The number of nitrogens with one attached hydrogen (secondary N) is 2. The Morgan fingerprint density at radius 3 is 2.32 bits per heavy atom. The zero-order chi connectivity index (χ0) is 14.9. The van der Waals surface area contributed by atoms with Crippen LogP contribution in [0.4, 0.5) is 5.69 Å². The van der Waals surface area contributed by atoms with Crippen molar-refractivity contribution in [1.29, 1.82) is 0 Å². The Morgan fingerprint density at radius 2 is 1.77 bits per heavy atom. The van der Waals surface area contributed by atoms with Gasteiger partial charge in [0.25, 0.3) is 0 Å². The maximum Gasteiger partial charge on any atom is 0.191 e. The van der Waals surface area contributed by atoms with Crippen LogP contribution in [0, 0.1) is 5.92 Å². The predicted octanol–water partition coefficient (Wildman–Crippen LogP) is 2.49. The summed E-state index contributed by atoms with van der Waals surface area (Å²) in [6.07, 6.45) is 6.14. The van der Waals surface area contributed by atoms with Crippen molar-refractivity contribution in [3.63, 3.8) is 0 Å². The lowest BCUT2D eigenvalue weighted by molar-refractivity contribution is 0.414. The van der Waals surface area contributed by atoms with E-state index < -0.39 is 0 Å². The second-order valence-electron chi connectivity index (χ2n) is 5.39. The van der Waals surface area contributed by atoms with E-state index in [0.29, 0.717) is 5.92 Å². The van der Waals surface area contributed by atoms with Crippen molar-refractivity contribution in [2.45, 2.75) is 26.7 Å². The van der Waals surface area contributed by atoms with E-state index >= 15 is 0 Å². The molecule has 1 aliphatic rings. The molecule has 1 aliphatic heterocycles. The number of guanidine groups is 1. The first-order chi connectivity index (χ1) is 10.3. The van der Waals surface area contributed by atoms with Gasteiger partial charge in [-0.25, -0.2) is 0 Å². The number of hydrogen-bond acceptors (Lipinski definition) is 3. The van der Waals surface area contributed by atoms with Gasteiger partial charge in [0.1, 0.15) is 0 Å². The standard InChI is InChI=1S/C16H27N5.HI/c1-3-18-16(19-4-2)20-13-14-7-11-21(12-8-14)15-5-9-17-10-6-15;/h5-6,9-10,14H,3-4,7-8,11-13H2,1-2H3,(H2,18,19,20);1H. The number of nitrogens with zero attached hydrogens (tertiary/aromatic N) is 3. The highest BCUT2D eigenvalue weighted by Gasteiger charge is 2.19. The maximum absolute atomic E-state index is 4.69. The quantitative estimate of drug-likeness (QED) is 0.439. The first-order valence-corrected chi connectivity index (χ1v) is 8.00. The van der Waals surface area contributed by atoms with Crippen molar-refractivity contribution in [3.8, 4) is 0 Å². The van der Waals surface area contributed by atoms with E-state index in [2.05, 4.69) is 46.5 Å². The van der Waals surface area contributed by atoms with Gasteiger partial charge in [0, 0.05) is 50.8 Å². The Labute approximate surface area is 151 Å². The summed E-state index contributed by atoms with van der Waals surface area (Å²) in [5, 5.41) is 6.56. The highest BCUT2D eigenvalue weighted by molar-refractivity contribution is 14.0. The van der Waals surface area contributed by atoms with Gasteiger partial charge in [-0.2, -0.15) is 0 Å². The first-order valence-electron chi connectivity index (χ1n) is 8.00. The van der Waals surface area contributed by atoms with Crippen molar-refractivity contribution >= 4 is 35.6 Å². The summed E-state index contributed by atoms with van der Waals surface area (Å²) < 4.78 is 0. The van der Waals surface area contributed by atoms with Crippen LogP contribution in [0.2, 0.25) is 0 Å². The molecule has 0 aliphatic carbocycles. The van der Waals surface area contributed by atoms with Gasteiger partial charge in [-0.1, -0.05) is 0 Å². The smallest absolute Gasteiger partial charge is 0.191 e. The third-order valence-corrected chi connectivity index (χ3v) is 3.84. The normalized spacial score (nSPS) is 14.9. The van der Waals surface area contributed by atoms with Gasteiger partial charge in [-0.15, -0.1) is 24.0 Å². The molecule has 0 radical (unpaired) electrons. The second kappa shape index (κ2) is 10.6. The Morgan fingerprint density at radius 1 is 1.18 bits per heavy atom. The fourth-order valence-corrected chi connectivity index (χ4v) is 2.66. The molecule has 6 heteroatoms. The third-order valence-electron chi connectivity index (χ3n) is 3.84. The van der Waals surface area contributed by atoms with Crippen molar-refractivity contribution in [2.75, 3.05) is 37.6 Å². The molecule has 2 heterocycles. The van der Waals surface area contributed by atoms with Crippen LogP contribution in [0.1, 0.15) is 26.7 Å². The van der Waals surface area contributed by atoms with Gasteiger partial charge in [-0.3, -0.25) is 9.98 Å². The third kappa shape index (κ3) is 5.98. The molecule has 124 valence electrons. The van der Waals surface area contributed by atoms with Crippen LogP contribution in [0.25, 0.3) is 0 Å². The number of pyridine rings is 1. The molecule has 1 saturated heterocycles. The maximum atomic E-state index is 4.69. The first kappa shape index (κ1) is 19.0. The lowest BCUT2D eigenvalue weighted by Gasteiger charge is -2.33. The van der Waals surface area contributed by atoms with Gasteiger partial charge in [0.2, 0.25) is 0 Å². The van der Waals surface area contributed by atoms with E-state index in [1.165, 1.54) is 18.5 Å². The molecular formula is C16H28IN5. The average Bonchev–Trinajstić information content (AvgIpc) is 2.54. The molecule has 0 aromatic carbocycles. The lowest BCUT2D eigenvalue weighted by Crippen LogP contribution is -2.38. The Balaban J connectivity index is 0.00000242. The predicted molar refractivity (Wildman–Crippen MR) is 104 cm³/mol. The van der Waals surface area contributed by atoms with Gasteiger partial charge in [0.15, 0.2) is 5.96 Å². The highest BCUT2D eigenvalue weighted by Crippen LogP contribution is 2.22. The summed E-state index contributed by atoms with van der Waals surface area (Å²) >= 11 is 0. The SMILES string of the molecule is CCNC(=NCC1CCN(c2ccncc2)CC1)NCC.I. The summed E-state index contributed by atoms with van der Waals surface area (Å²) in [5.74, 6) is 1.63. The number of aromatic nitrogens is 1. The van der Waals surface area contributed by atoms with E-state index in [4.69, 9.17) is 4.99 Å².